The zero-order chi connectivity index (χ0) is 14.1. The van der Waals surface area contributed by atoms with E-state index in [4.69, 9.17) is 5.11 Å². The van der Waals surface area contributed by atoms with Crippen molar-refractivity contribution in [3.8, 4) is 0 Å². The van der Waals surface area contributed by atoms with Crippen molar-refractivity contribution in [1.82, 2.24) is 14.8 Å². The van der Waals surface area contributed by atoms with Crippen LogP contribution in [0.25, 0.3) is 0 Å². The number of hydrogen-bond acceptors (Lipinski definition) is 4. The molecule has 6 heteroatoms. The van der Waals surface area contributed by atoms with Crippen LogP contribution in [0.4, 0.5) is 0 Å². The lowest BCUT2D eigenvalue weighted by Gasteiger charge is -2.20. The van der Waals surface area contributed by atoms with Gasteiger partial charge in [0.15, 0.2) is 5.16 Å². The number of carboxylic acid groups (broad SMARTS) is 1. The summed E-state index contributed by atoms with van der Waals surface area (Å²) in [4.78, 5) is 10.8. The molecular formula is C14H21N3O2S. The molecule has 2 aliphatic carbocycles. The Morgan fingerprint density at radius 2 is 2.15 bits per heavy atom. The Morgan fingerprint density at radius 3 is 2.70 bits per heavy atom. The molecule has 0 spiro atoms. The Labute approximate surface area is 123 Å². The molecule has 0 radical (unpaired) electrons. The molecule has 3 rings (SSSR count). The van der Waals surface area contributed by atoms with Gasteiger partial charge in [-0.25, -0.2) is 0 Å². The molecule has 1 atom stereocenters. The van der Waals surface area contributed by atoms with Gasteiger partial charge in [-0.05, 0) is 31.6 Å². The second-order valence-electron chi connectivity index (χ2n) is 5.91. The van der Waals surface area contributed by atoms with E-state index < -0.39 is 5.97 Å². The van der Waals surface area contributed by atoms with Crippen molar-refractivity contribution in [1.29, 1.82) is 0 Å². The van der Waals surface area contributed by atoms with Gasteiger partial charge in [0.05, 0.1) is 5.75 Å². The summed E-state index contributed by atoms with van der Waals surface area (Å²) in [7, 11) is 0. The third kappa shape index (κ3) is 3.16. The van der Waals surface area contributed by atoms with Crippen LogP contribution in [-0.2, 0) is 4.79 Å². The lowest BCUT2D eigenvalue weighted by molar-refractivity contribution is -0.133. The molecule has 1 aromatic rings. The number of nitrogens with zero attached hydrogens (tertiary/aromatic N) is 3. The number of aromatic nitrogens is 3. The van der Waals surface area contributed by atoms with Crippen LogP contribution in [0.1, 0.15) is 63.2 Å². The quantitative estimate of drug-likeness (QED) is 0.746. The zero-order valence-corrected chi connectivity index (χ0v) is 12.6. The molecule has 0 bridgehead atoms. The van der Waals surface area contributed by atoms with E-state index in [1.807, 2.05) is 0 Å². The second-order valence-corrected chi connectivity index (χ2v) is 6.85. The molecule has 1 N–H and O–H groups in total. The summed E-state index contributed by atoms with van der Waals surface area (Å²) in [5.74, 6) is 1.75. The molecule has 0 aliphatic heterocycles. The van der Waals surface area contributed by atoms with Gasteiger partial charge in [-0.2, -0.15) is 0 Å². The fourth-order valence-corrected chi connectivity index (χ4v) is 3.40. The third-order valence-electron chi connectivity index (χ3n) is 4.10. The Kier molecular flexibility index (Phi) is 4.01. The summed E-state index contributed by atoms with van der Waals surface area (Å²) < 4.78 is 2.25. The zero-order valence-electron chi connectivity index (χ0n) is 11.8. The van der Waals surface area contributed by atoms with E-state index in [9.17, 15) is 4.79 Å². The Morgan fingerprint density at radius 1 is 1.40 bits per heavy atom. The maximum atomic E-state index is 10.8. The molecule has 5 nitrogen and oxygen atoms in total. The van der Waals surface area contributed by atoms with E-state index in [0.29, 0.717) is 12.0 Å². The minimum absolute atomic E-state index is 0.0582. The number of carbonyl (C=O) groups is 1. The number of carboxylic acids is 1. The Bertz CT molecular complexity index is 495. The molecular weight excluding hydrogens is 274 g/mol. The summed E-state index contributed by atoms with van der Waals surface area (Å²) in [6.45, 7) is 2.20. The van der Waals surface area contributed by atoms with Crippen LogP contribution >= 0.6 is 11.8 Å². The van der Waals surface area contributed by atoms with Crippen molar-refractivity contribution in [2.45, 2.75) is 62.6 Å². The molecule has 2 saturated carbocycles. The standard InChI is InChI=1S/C14H21N3O2S/c1-2-11(7-9-3-4-9)17-13(10-5-6-10)15-16-14(17)20-8-12(18)19/h9-11H,2-8H2,1H3,(H,18,19). The van der Waals surface area contributed by atoms with E-state index in [2.05, 4.69) is 21.7 Å². The number of hydrogen-bond donors (Lipinski definition) is 1. The Hall–Kier alpha value is -1.04. The van der Waals surface area contributed by atoms with Crippen LogP contribution in [0.3, 0.4) is 0 Å². The van der Waals surface area contributed by atoms with Crippen molar-refractivity contribution in [2.75, 3.05) is 5.75 Å². The van der Waals surface area contributed by atoms with Crippen molar-refractivity contribution in [3.05, 3.63) is 5.82 Å². The number of thioether (sulfide) groups is 1. The highest BCUT2D eigenvalue weighted by Crippen LogP contribution is 2.44. The van der Waals surface area contributed by atoms with Crippen LogP contribution in [-0.4, -0.2) is 31.6 Å². The fourth-order valence-electron chi connectivity index (χ4n) is 2.67. The van der Waals surface area contributed by atoms with Crippen LogP contribution in [0.2, 0.25) is 0 Å². The predicted molar refractivity (Wildman–Crippen MR) is 77.0 cm³/mol. The maximum Gasteiger partial charge on any atom is 0.313 e. The van der Waals surface area contributed by atoms with Crippen molar-refractivity contribution >= 4 is 17.7 Å². The van der Waals surface area contributed by atoms with Crippen LogP contribution in [0.15, 0.2) is 5.16 Å². The molecule has 1 aromatic heterocycles. The third-order valence-corrected chi connectivity index (χ3v) is 5.02. The van der Waals surface area contributed by atoms with Gasteiger partial charge in [0, 0.05) is 12.0 Å². The molecule has 0 aromatic carbocycles. The molecule has 110 valence electrons. The molecule has 0 amide bonds. The van der Waals surface area contributed by atoms with Gasteiger partial charge in [-0.3, -0.25) is 4.79 Å². The van der Waals surface area contributed by atoms with Crippen molar-refractivity contribution < 1.29 is 9.90 Å². The highest BCUT2D eigenvalue weighted by molar-refractivity contribution is 7.99. The van der Waals surface area contributed by atoms with Gasteiger partial charge in [-0.1, -0.05) is 31.5 Å². The fraction of sp³-hybridized carbons (Fsp3) is 0.786. The molecule has 0 saturated heterocycles. The summed E-state index contributed by atoms with van der Waals surface area (Å²) in [6.07, 6.45) is 7.33. The van der Waals surface area contributed by atoms with E-state index >= 15 is 0 Å². The largest absolute Gasteiger partial charge is 0.481 e. The van der Waals surface area contributed by atoms with E-state index in [-0.39, 0.29) is 5.75 Å². The topological polar surface area (TPSA) is 68.0 Å². The van der Waals surface area contributed by atoms with E-state index in [1.165, 1.54) is 43.9 Å². The van der Waals surface area contributed by atoms with Gasteiger partial charge in [0.25, 0.3) is 0 Å². The van der Waals surface area contributed by atoms with Crippen molar-refractivity contribution in [3.63, 3.8) is 0 Å². The molecule has 2 fully saturated rings. The highest BCUT2D eigenvalue weighted by Gasteiger charge is 2.34. The first-order valence-corrected chi connectivity index (χ1v) is 8.47. The molecule has 20 heavy (non-hydrogen) atoms. The number of rotatable bonds is 8. The van der Waals surface area contributed by atoms with Gasteiger partial charge in [0.2, 0.25) is 0 Å². The SMILES string of the molecule is CCC(CC1CC1)n1c(SCC(=O)O)nnc1C1CC1. The summed E-state index contributed by atoms with van der Waals surface area (Å²) in [5.41, 5.74) is 0. The van der Waals surface area contributed by atoms with Crippen LogP contribution in [0, 0.1) is 5.92 Å². The molecule has 1 unspecified atom stereocenters. The van der Waals surface area contributed by atoms with Crippen molar-refractivity contribution in [2.24, 2.45) is 5.92 Å². The van der Waals surface area contributed by atoms with E-state index in [1.54, 1.807) is 0 Å². The average Bonchev–Trinajstić information content (AvgIpc) is 3.33. The van der Waals surface area contributed by atoms with Crippen LogP contribution < -0.4 is 0 Å². The van der Waals surface area contributed by atoms with Gasteiger partial charge in [0.1, 0.15) is 5.82 Å². The normalized spacial score (nSPS) is 20.1. The first-order chi connectivity index (χ1) is 9.69. The average molecular weight is 295 g/mol. The second kappa shape index (κ2) is 5.76. The van der Waals surface area contributed by atoms with Gasteiger partial charge < -0.3 is 9.67 Å². The lowest BCUT2D eigenvalue weighted by Crippen LogP contribution is -2.14. The van der Waals surface area contributed by atoms with Gasteiger partial charge in [-0.15, -0.1) is 10.2 Å². The minimum Gasteiger partial charge on any atom is -0.481 e. The summed E-state index contributed by atoms with van der Waals surface area (Å²) in [6, 6.07) is 0.435. The summed E-state index contributed by atoms with van der Waals surface area (Å²) >= 11 is 1.30. The molecule has 1 heterocycles. The smallest absolute Gasteiger partial charge is 0.313 e. The first-order valence-electron chi connectivity index (χ1n) is 7.48. The first kappa shape index (κ1) is 13.9. The Balaban J connectivity index is 1.82. The predicted octanol–water partition coefficient (Wildman–Crippen LogP) is 3.08. The summed E-state index contributed by atoms with van der Waals surface area (Å²) in [5, 5.41) is 18.3. The maximum absolute atomic E-state index is 10.8. The van der Waals surface area contributed by atoms with Crippen LogP contribution in [0.5, 0.6) is 0 Å². The van der Waals surface area contributed by atoms with Gasteiger partial charge >= 0.3 is 5.97 Å². The highest BCUT2D eigenvalue weighted by atomic mass is 32.2. The monoisotopic (exact) mass is 295 g/mol. The van der Waals surface area contributed by atoms with E-state index in [0.717, 1.165) is 23.3 Å². The lowest BCUT2D eigenvalue weighted by atomic mass is 10.1. The number of aliphatic carboxylic acids is 1. The molecule has 2 aliphatic rings. The minimum atomic E-state index is -0.798.